The Kier molecular flexibility index (Phi) is 4.87. The Balaban J connectivity index is 1.27. The third kappa shape index (κ3) is 3.83. The minimum absolute atomic E-state index is 0.672. The zero-order chi connectivity index (χ0) is 16.2. The second-order valence-corrected chi connectivity index (χ2v) is 6.68. The molecular formula is C18H24N4O2. The van der Waals surface area contributed by atoms with Crippen LogP contribution >= 0.6 is 0 Å². The molecule has 0 amide bonds. The van der Waals surface area contributed by atoms with Crippen LogP contribution in [0.2, 0.25) is 0 Å². The number of hydrogen-bond donors (Lipinski definition) is 0. The van der Waals surface area contributed by atoms with E-state index in [-0.39, 0.29) is 0 Å². The average Bonchev–Trinajstić information content (AvgIpc) is 3.29. The van der Waals surface area contributed by atoms with E-state index in [0.29, 0.717) is 11.7 Å². The first kappa shape index (κ1) is 15.7. The zero-order valence-electron chi connectivity index (χ0n) is 13.9. The van der Waals surface area contributed by atoms with Crippen molar-refractivity contribution in [3.8, 4) is 11.4 Å². The van der Waals surface area contributed by atoms with Crippen molar-refractivity contribution in [1.82, 2.24) is 19.9 Å². The molecule has 2 saturated heterocycles. The summed E-state index contributed by atoms with van der Waals surface area (Å²) in [6.45, 7) is 8.10. The van der Waals surface area contributed by atoms with Gasteiger partial charge in [-0.25, -0.2) is 0 Å². The van der Waals surface area contributed by atoms with E-state index in [1.165, 1.54) is 13.0 Å². The molecule has 1 aromatic heterocycles. The molecule has 0 aliphatic carbocycles. The lowest BCUT2D eigenvalue weighted by Gasteiger charge is -2.34. The van der Waals surface area contributed by atoms with E-state index in [0.717, 1.165) is 57.4 Å². The first-order valence-corrected chi connectivity index (χ1v) is 8.77. The minimum Gasteiger partial charge on any atom is -0.381 e. The second kappa shape index (κ2) is 7.42. The van der Waals surface area contributed by atoms with E-state index in [2.05, 4.69) is 19.9 Å². The van der Waals surface area contributed by atoms with Crippen LogP contribution < -0.4 is 0 Å². The molecule has 1 atom stereocenters. The van der Waals surface area contributed by atoms with Gasteiger partial charge >= 0.3 is 0 Å². The maximum Gasteiger partial charge on any atom is 0.241 e. The molecule has 2 aliphatic rings. The molecule has 24 heavy (non-hydrogen) atoms. The molecule has 0 radical (unpaired) electrons. The molecule has 1 aromatic carbocycles. The smallest absolute Gasteiger partial charge is 0.241 e. The monoisotopic (exact) mass is 328 g/mol. The number of hydrogen-bond acceptors (Lipinski definition) is 6. The highest BCUT2D eigenvalue weighted by Gasteiger charge is 2.23. The van der Waals surface area contributed by atoms with Gasteiger partial charge < -0.3 is 14.2 Å². The van der Waals surface area contributed by atoms with Crippen LogP contribution in [0.1, 0.15) is 12.3 Å². The first-order chi connectivity index (χ1) is 11.9. The predicted octanol–water partition coefficient (Wildman–Crippen LogP) is 1.89. The molecule has 0 bridgehead atoms. The molecule has 2 aliphatic heterocycles. The number of piperazine rings is 1. The Morgan fingerprint density at radius 3 is 2.58 bits per heavy atom. The summed E-state index contributed by atoms with van der Waals surface area (Å²) in [4.78, 5) is 9.47. The molecular weight excluding hydrogens is 304 g/mol. The lowest BCUT2D eigenvalue weighted by molar-refractivity contribution is 0.0994. The van der Waals surface area contributed by atoms with Gasteiger partial charge in [-0.3, -0.25) is 4.90 Å². The predicted molar refractivity (Wildman–Crippen MR) is 90.4 cm³/mol. The first-order valence-electron chi connectivity index (χ1n) is 8.77. The zero-order valence-corrected chi connectivity index (χ0v) is 13.9. The molecule has 2 fully saturated rings. The van der Waals surface area contributed by atoms with Gasteiger partial charge in [-0.15, -0.1) is 0 Å². The summed E-state index contributed by atoms with van der Waals surface area (Å²) >= 11 is 0. The van der Waals surface area contributed by atoms with Crippen LogP contribution in [-0.2, 0) is 11.3 Å². The fraction of sp³-hybridized carbons (Fsp3) is 0.556. The fourth-order valence-corrected chi connectivity index (χ4v) is 3.44. The molecule has 0 spiro atoms. The quantitative estimate of drug-likeness (QED) is 0.835. The van der Waals surface area contributed by atoms with Crippen molar-refractivity contribution in [2.75, 3.05) is 45.9 Å². The molecule has 128 valence electrons. The van der Waals surface area contributed by atoms with Gasteiger partial charge in [0.25, 0.3) is 0 Å². The lowest BCUT2D eigenvalue weighted by Crippen LogP contribution is -2.47. The van der Waals surface area contributed by atoms with Gasteiger partial charge in [0.05, 0.1) is 13.2 Å². The Morgan fingerprint density at radius 1 is 1.04 bits per heavy atom. The van der Waals surface area contributed by atoms with Gasteiger partial charge in [0.2, 0.25) is 11.7 Å². The van der Waals surface area contributed by atoms with Gasteiger partial charge in [0.1, 0.15) is 0 Å². The highest BCUT2D eigenvalue weighted by molar-refractivity contribution is 5.53. The van der Waals surface area contributed by atoms with Gasteiger partial charge in [0.15, 0.2) is 0 Å². The third-order valence-electron chi connectivity index (χ3n) is 4.86. The number of aromatic nitrogens is 2. The van der Waals surface area contributed by atoms with Crippen LogP contribution in [0.3, 0.4) is 0 Å². The second-order valence-electron chi connectivity index (χ2n) is 6.68. The van der Waals surface area contributed by atoms with Crippen molar-refractivity contribution >= 4 is 0 Å². The van der Waals surface area contributed by atoms with E-state index in [9.17, 15) is 0 Å². The molecule has 6 nitrogen and oxygen atoms in total. The number of ether oxygens (including phenoxy) is 1. The largest absolute Gasteiger partial charge is 0.381 e. The van der Waals surface area contributed by atoms with Crippen molar-refractivity contribution in [1.29, 1.82) is 0 Å². The summed E-state index contributed by atoms with van der Waals surface area (Å²) < 4.78 is 10.9. The van der Waals surface area contributed by atoms with Gasteiger partial charge in [0, 0.05) is 44.9 Å². The highest BCUT2D eigenvalue weighted by atomic mass is 16.5. The van der Waals surface area contributed by atoms with Gasteiger partial charge in [-0.05, 0) is 12.3 Å². The molecule has 1 unspecified atom stereocenters. The summed E-state index contributed by atoms with van der Waals surface area (Å²) in [6.07, 6.45) is 1.21. The van der Waals surface area contributed by atoms with Crippen LogP contribution in [-0.4, -0.2) is 65.9 Å². The average molecular weight is 328 g/mol. The molecule has 0 saturated carbocycles. The van der Waals surface area contributed by atoms with Crippen LogP contribution in [0.25, 0.3) is 11.4 Å². The van der Waals surface area contributed by atoms with Crippen molar-refractivity contribution < 1.29 is 9.26 Å². The molecule has 0 N–H and O–H groups in total. The van der Waals surface area contributed by atoms with Crippen molar-refractivity contribution in [3.05, 3.63) is 36.2 Å². The van der Waals surface area contributed by atoms with E-state index < -0.39 is 0 Å². The molecule has 4 rings (SSSR count). The van der Waals surface area contributed by atoms with Crippen LogP contribution in [0.4, 0.5) is 0 Å². The molecule has 6 heteroatoms. The Morgan fingerprint density at radius 2 is 1.83 bits per heavy atom. The third-order valence-corrected chi connectivity index (χ3v) is 4.86. The number of rotatable bonds is 5. The summed E-state index contributed by atoms with van der Waals surface area (Å²) in [5.74, 6) is 2.10. The standard InChI is InChI=1S/C18H24N4O2/c1-2-4-16(5-3-1)18-19-17(24-20-18)13-22-9-7-21(8-10-22)12-15-6-11-23-14-15/h1-5,15H,6-14H2. The Labute approximate surface area is 142 Å². The number of nitrogens with zero attached hydrogens (tertiary/aromatic N) is 4. The lowest BCUT2D eigenvalue weighted by atomic mass is 10.1. The van der Waals surface area contributed by atoms with E-state index >= 15 is 0 Å². The number of benzene rings is 1. The molecule has 2 aromatic rings. The van der Waals surface area contributed by atoms with Crippen molar-refractivity contribution in [2.45, 2.75) is 13.0 Å². The van der Waals surface area contributed by atoms with Gasteiger partial charge in [-0.2, -0.15) is 4.98 Å². The summed E-state index contributed by atoms with van der Waals surface area (Å²) in [7, 11) is 0. The normalized spacial score (nSPS) is 22.9. The summed E-state index contributed by atoms with van der Waals surface area (Å²) in [5, 5.41) is 4.10. The summed E-state index contributed by atoms with van der Waals surface area (Å²) in [6, 6.07) is 9.96. The fourth-order valence-electron chi connectivity index (χ4n) is 3.44. The van der Waals surface area contributed by atoms with Gasteiger partial charge in [-0.1, -0.05) is 35.5 Å². The maximum atomic E-state index is 5.47. The Hall–Kier alpha value is -1.76. The van der Waals surface area contributed by atoms with Crippen LogP contribution in [0.15, 0.2) is 34.9 Å². The maximum absolute atomic E-state index is 5.47. The minimum atomic E-state index is 0.672. The van der Waals surface area contributed by atoms with E-state index in [1.807, 2.05) is 30.3 Å². The molecule has 3 heterocycles. The van der Waals surface area contributed by atoms with Crippen LogP contribution in [0.5, 0.6) is 0 Å². The van der Waals surface area contributed by atoms with Crippen molar-refractivity contribution in [2.24, 2.45) is 5.92 Å². The topological polar surface area (TPSA) is 54.6 Å². The SMILES string of the molecule is c1ccc(-c2noc(CN3CCN(CC4CCOC4)CC3)n2)cc1. The van der Waals surface area contributed by atoms with E-state index in [1.54, 1.807) is 0 Å². The summed E-state index contributed by atoms with van der Waals surface area (Å²) in [5.41, 5.74) is 0.996. The van der Waals surface area contributed by atoms with E-state index in [4.69, 9.17) is 9.26 Å². The van der Waals surface area contributed by atoms with Crippen LogP contribution in [0, 0.1) is 5.92 Å². The highest BCUT2D eigenvalue weighted by Crippen LogP contribution is 2.17. The Bertz CT molecular complexity index is 631. The van der Waals surface area contributed by atoms with Crippen molar-refractivity contribution in [3.63, 3.8) is 0 Å².